The minimum absolute atomic E-state index is 0.599. The lowest BCUT2D eigenvalue weighted by molar-refractivity contribution is 0.110. The lowest BCUT2D eigenvalue weighted by Crippen LogP contribution is -1.99. The number of ether oxygens (including phenoxy) is 1. The van der Waals surface area contributed by atoms with Crippen LogP contribution in [0.5, 0.6) is 0 Å². The van der Waals surface area contributed by atoms with E-state index < -0.39 is 0 Å². The van der Waals surface area contributed by atoms with Gasteiger partial charge in [-0.1, -0.05) is 26.0 Å². The summed E-state index contributed by atoms with van der Waals surface area (Å²) >= 11 is 0. The van der Waals surface area contributed by atoms with E-state index in [1.807, 2.05) is 18.2 Å². The topological polar surface area (TPSA) is 33.0 Å². The summed E-state index contributed by atoms with van der Waals surface area (Å²) in [4.78, 5) is 0. The first kappa shape index (κ1) is 11.7. The Kier molecular flexibility index (Phi) is 4.86. The van der Waals surface area contributed by atoms with Gasteiger partial charge in [-0.2, -0.15) is 5.26 Å². The van der Waals surface area contributed by atoms with Gasteiger partial charge in [-0.25, -0.2) is 0 Å². The summed E-state index contributed by atoms with van der Waals surface area (Å²) in [6.45, 7) is 5.75. The van der Waals surface area contributed by atoms with E-state index in [1.54, 1.807) is 6.07 Å². The summed E-state index contributed by atoms with van der Waals surface area (Å²) in [5.41, 5.74) is 1.76. The smallest absolute Gasteiger partial charge is 0.0991 e. The van der Waals surface area contributed by atoms with Crippen molar-refractivity contribution in [3.05, 3.63) is 35.4 Å². The van der Waals surface area contributed by atoms with Crippen molar-refractivity contribution < 1.29 is 4.74 Å². The van der Waals surface area contributed by atoms with Crippen LogP contribution in [0.1, 0.15) is 31.4 Å². The zero-order valence-electron chi connectivity index (χ0n) is 9.36. The molecule has 0 unspecified atom stereocenters. The highest BCUT2D eigenvalue weighted by atomic mass is 16.5. The number of nitrogens with zero attached hydrogens (tertiary/aromatic N) is 1. The molecule has 0 fully saturated rings. The van der Waals surface area contributed by atoms with E-state index >= 15 is 0 Å². The number of hydrogen-bond donors (Lipinski definition) is 0. The minimum Gasteiger partial charge on any atom is -0.377 e. The highest BCUT2D eigenvalue weighted by Crippen LogP contribution is 2.06. The maximum absolute atomic E-state index is 8.72. The van der Waals surface area contributed by atoms with Gasteiger partial charge in [0.2, 0.25) is 0 Å². The molecule has 1 aromatic carbocycles. The first-order chi connectivity index (χ1) is 7.22. The Labute approximate surface area is 91.5 Å². The van der Waals surface area contributed by atoms with Gasteiger partial charge in [0, 0.05) is 6.61 Å². The third-order valence-corrected chi connectivity index (χ3v) is 2.16. The molecule has 0 N–H and O–H groups in total. The molecule has 0 saturated carbocycles. The van der Waals surface area contributed by atoms with Crippen molar-refractivity contribution in [2.45, 2.75) is 26.9 Å². The van der Waals surface area contributed by atoms with E-state index in [9.17, 15) is 0 Å². The van der Waals surface area contributed by atoms with Crippen LogP contribution in [-0.4, -0.2) is 6.61 Å². The molecule has 0 bridgehead atoms. The van der Waals surface area contributed by atoms with Gasteiger partial charge in [0.05, 0.1) is 18.2 Å². The summed E-state index contributed by atoms with van der Waals surface area (Å²) in [6.07, 6.45) is 1.08. The zero-order chi connectivity index (χ0) is 11.1. The number of rotatable bonds is 5. The Hall–Kier alpha value is -1.33. The van der Waals surface area contributed by atoms with Crippen molar-refractivity contribution in [3.8, 4) is 6.07 Å². The molecule has 1 aromatic rings. The van der Waals surface area contributed by atoms with Crippen molar-refractivity contribution in [3.63, 3.8) is 0 Å². The van der Waals surface area contributed by atoms with Gasteiger partial charge in [-0.05, 0) is 30.0 Å². The molecule has 2 heteroatoms. The molecule has 0 aliphatic heterocycles. The standard InChI is InChI=1S/C13H17NO/c1-11(2)6-7-15-10-13-5-3-4-12(8-13)9-14/h3-5,8,11H,6-7,10H2,1-2H3. The largest absolute Gasteiger partial charge is 0.377 e. The summed E-state index contributed by atoms with van der Waals surface area (Å²) in [6, 6.07) is 9.66. The number of nitriles is 1. The van der Waals surface area contributed by atoms with Crippen LogP contribution >= 0.6 is 0 Å². The van der Waals surface area contributed by atoms with Crippen LogP contribution in [0.3, 0.4) is 0 Å². The summed E-state index contributed by atoms with van der Waals surface area (Å²) in [7, 11) is 0. The van der Waals surface area contributed by atoms with E-state index in [0.29, 0.717) is 18.1 Å². The molecule has 0 aromatic heterocycles. The van der Waals surface area contributed by atoms with Gasteiger partial charge in [-0.15, -0.1) is 0 Å². The van der Waals surface area contributed by atoms with Crippen molar-refractivity contribution in [2.75, 3.05) is 6.61 Å². The maximum atomic E-state index is 8.72. The fraction of sp³-hybridized carbons (Fsp3) is 0.462. The molecule has 1 rings (SSSR count). The van der Waals surface area contributed by atoms with E-state index in [0.717, 1.165) is 18.6 Å². The number of hydrogen-bond acceptors (Lipinski definition) is 2. The monoisotopic (exact) mass is 203 g/mol. The summed E-state index contributed by atoms with van der Waals surface area (Å²) in [5, 5.41) is 8.72. The van der Waals surface area contributed by atoms with Gasteiger partial charge >= 0.3 is 0 Å². The Balaban J connectivity index is 2.35. The molecule has 0 saturated heterocycles. The molecule has 15 heavy (non-hydrogen) atoms. The fourth-order valence-corrected chi connectivity index (χ4v) is 1.24. The highest BCUT2D eigenvalue weighted by Gasteiger charge is 1.97. The summed E-state index contributed by atoms with van der Waals surface area (Å²) in [5.74, 6) is 0.676. The lowest BCUT2D eigenvalue weighted by atomic mass is 10.1. The van der Waals surface area contributed by atoms with Crippen molar-refractivity contribution in [1.82, 2.24) is 0 Å². The molecule has 80 valence electrons. The minimum atomic E-state index is 0.599. The third kappa shape index (κ3) is 4.62. The second-order valence-corrected chi connectivity index (χ2v) is 4.05. The molecule has 0 atom stereocenters. The molecule has 0 aliphatic rings. The average molecular weight is 203 g/mol. The normalized spacial score (nSPS) is 10.3. The van der Waals surface area contributed by atoms with Crippen LogP contribution in [0.25, 0.3) is 0 Å². The fourth-order valence-electron chi connectivity index (χ4n) is 1.24. The maximum Gasteiger partial charge on any atom is 0.0991 e. The van der Waals surface area contributed by atoms with Crippen LogP contribution in [0.15, 0.2) is 24.3 Å². The molecular weight excluding hydrogens is 186 g/mol. The van der Waals surface area contributed by atoms with E-state index in [2.05, 4.69) is 19.9 Å². The van der Waals surface area contributed by atoms with Crippen LogP contribution in [0, 0.1) is 17.2 Å². The molecule has 0 aliphatic carbocycles. The van der Waals surface area contributed by atoms with Gasteiger partial charge < -0.3 is 4.74 Å². The van der Waals surface area contributed by atoms with Crippen LogP contribution < -0.4 is 0 Å². The Bertz CT molecular complexity index is 339. The van der Waals surface area contributed by atoms with E-state index in [4.69, 9.17) is 10.00 Å². The third-order valence-electron chi connectivity index (χ3n) is 2.16. The predicted molar refractivity (Wildman–Crippen MR) is 60.3 cm³/mol. The van der Waals surface area contributed by atoms with Crippen LogP contribution in [0.4, 0.5) is 0 Å². The summed E-state index contributed by atoms with van der Waals surface area (Å²) < 4.78 is 5.52. The van der Waals surface area contributed by atoms with E-state index in [-0.39, 0.29) is 0 Å². The Morgan fingerprint density at radius 2 is 2.20 bits per heavy atom. The molecule has 0 spiro atoms. The second kappa shape index (κ2) is 6.21. The Morgan fingerprint density at radius 1 is 1.40 bits per heavy atom. The average Bonchev–Trinajstić information content (AvgIpc) is 2.24. The first-order valence-electron chi connectivity index (χ1n) is 5.29. The molecule has 2 nitrogen and oxygen atoms in total. The van der Waals surface area contributed by atoms with Gasteiger partial charge in [0.1, 0.15) is 0 Å². The molecule has 0 amide bonds. The van der Waals surface area contributed by atoms with Gasteiger partial charge in [0.15, 0.2) is 0 Å². The lowest BCUT2D eigenvalue weighted by Gasteiger charge is -2.06. The second-order valence-electron chi connectivity index (χ2n) is 4.05. The van der Waals surface area contributed by atoms with Gasteiger partial charge in [0.25, 0.3) is 0 Å². The van der Waals surface area contributed by atoms with E-state index in [1.165, 1.54) is 0 Å². The van der Waals surface area contributed by atoms with Crippen molar-refractivity contribution in [2.24, 2.45) is 5.92 Å². The predicted octanol–water partition coefficient (Wildman–Crippen LogP) is 3.12. The van der Waals surface area contributed by atoms with Crippen LogP contribution in [0.2, 0.25) is 0 Å². The van der Waals surface area contributed by atoms with Crippen LogP contribution in [-0.2, 0) is 11.3 Å². The SMILES string of the molecule is CC(C)CCOCc1cccc(C#N)c1. The Morgan fingerprint density at radius 3 is 2.87 bits per heavy atom. The van der Waals surface area contributed by atoms with Crippen molar-refractivity contribution >= 4 is 0 Å². The molecule has 0 radical (unpaired) electrons. The highest BCUT2D eigenvalue weighted by molar-refractivity contribution is 5.32. The molecule has 0 heterocycles. The first-order valence-corrected chi connectivity index (χ1v) is 5.29. The number of benzene rings is 1. The van der Waals surface area contributed by atoms with Crippen molar-refractivity contribution in [1.29, 1.82) is 5.26 Å². The zero-order valence-corrected chi connectivity index (χ0v) is 9.36. The van der Waals surface area contributed by atoms with Gasteiger partial charge in [-0.3, -0.25) is 0 Å². The quantitative estimate of drug-likeness (QED) is 0.689. The molecular formula is C13H17NO.